The summed E-state index contributed by atoms with van der Waals surface area (Å²) in [6.45, 7) is 4.59. The van der Waals surface area contributed by atoms with Crippen molar-refractivity contribution in [1.82, 2.24) is 0 Å². The number of rotatable bonds is 1. The average molecular weight is 172 g/mol. The summed E-state index contributed by atoms with van der Waals surface area (Å²) in [6, 6.07) is 0. The van der Waals surface area contributed by atoms with Crippen LogP contribution in [0.25, 0.3) is 0 Å². The van der Waals surface area contributed by atoms with Gasteiger partial charge in [0.25, 0.3) is 0 Å². The summed E-state index contributed by atoms with van der Waals surface area (Å²) in [7, 11) is 0. The predicted molar refractivity (Wildman–Crippen MR) is 40.8 cm³/mol. The summed E-state index contributed by atoms with van der Waals surface area (Å²) in [5.41, 5.74) is -2.28. The number of ketones is 1. The smallest absolute Gasteiger partial charge is 0.336 e. The molecule has 1 unspecified atom stereocenters. The maximum Gasteiger partial charge on any atom is 0.336 e. The Balaban J connectivity index is 2.92. The van der Waals surface area contributed by atoms with Crippen LogP contribution < -0.4 is 0 Å². The van der Waals surface area contributed by atoms with E-state index in [-0.39, 0.29) is 12.2 Å². The molecule has 1 N–H and O–H groups in total. The minimum atomic E-state index is -1.33. The van der Waals surface area contributed by atoms with Crippen molar-refractivity contribution in [2.45, 2.75) is 38.4 Å². The van der Waals surface area contributed by atoms with Crippen molar-refractivity contribution in [3.8, 4) is 0 Å². The second kappa shape index (κ2) is 2.29. The molecule has 0 aliphatic carbocycles. The molecule has 1 rings (SSSR count). The highest BCUT2D eigenvalue weighted by Gasteiger charge is 2.52. The fourth-order valence-electron chi connectivity index (χ4n) is 1.29. The number of carboxylic acids is 1. The van der Waals surface area contributed by atoms with Gasteiger partial charge in [0, 0.05) is 6.42 Å². The van der Waals surface area contributed by atoms with Gasteiger partial charge >= 0.3 is 5.97 Å². The molecule has 0 spiro atoms. The molecular formula is C8H12O4. The Morgan fingerprint density at radius 1 is 1.50 bits per heavy atom. The zero-order chi connectivity index (χ0) is 9.57. The van der Waals surface area contributed by atoms with Gasteiger partial charge in [-0.05, 0) is 20.8 Å². The van der Waals surface area contributed by atoms with Gasteiger partial charge in [0.15, 0.2) is 11.4 Å². The van der Waals surface area contributed by atoms with Gasteiger partial charge in [-0.25, -0.2) is 4.79 Å². The van der Waals surface area contributed by atoms with E-state index in [0.29, 0.717) is 0 Å². The van der Waals surface area contributed by atoms with Gasteiger partial charge in [-0.1, -0.05) is 0 Å². The first-order valence-electron chi connectivity index (χ1n) is 3.75. The van der Waals surface area contributed by atoms with Crippen molar-refractivity contribution in [3.05, 3.63) is 0 Å². The first-order chi connectivity index (χ1) is 5.28. The van der Waals surface area contributed by atoms with Crippen molar-refractivity contribution in [3.63, 3.8) is 0 Å². The molecule has 68 valence electrons. The van der Waals surface area contributed by atoms with Crippen molar-refractivity contribution in [1.29, 1.82) is 0 Å². The Kier molecular flexibility index (Phi) is 1.76. The largest absolute Gasteiger partial charge is 0.479 e. The lowest BCUT2D eigenvalue weighted by atomic mass is 9.98. The van der Waals surface area contributed by atoms with Gasteiger partial charge in [0.05, 0.1) is 0 Å². The van der Waals surface area contributed by atoms with Crippen LogP contribution >= 0.6 is 0 Å². The monoisotopic (exact) mass is 172 g/mol. The molecule has 1 fully saturated rings. The van der Waals surface area contributed by atoms with Crippen LogP contribution in [-0.4, -0.2) is 28.1 Å². The lowest BCUT2D eigenvalue weighted by Crippen LogP contribution is -2.37. The summed E-state index contributed by atoms with van der Waals surface area (Å²) in [5.74, 6) is -1.24. The summed E-state index contributed by atoms with van der Waals surface area (Å²) in [5, 5.41) is 8.75. The maximum atomic E-state index is 11.2. The first-order valence-corrected chi connectivity index (χ1v) is 3.75. The summed E-state index contributed by atoms with van der Waals surface area (Å²) < 4.78 is 5.16. The summed E-state index contributed by atoms with van der Waals surface area (Å²) >= 11 is 0. The highest BCUT2D eigenvalue weighted by molar-refractivity contribution is 5.95. The predicted octanol–water partition coefficient (Wildman–Crippen LogP) is 0.598. The molecule has 0 bridgehead atoms. The molecule has 1 saturated heterocycles. The molecule has 1 heterocycles. The Labute approximate surface area is 70.5 Å². The van der Waals surface area contributed by atoms with Crippen LogP contribution in [0.5, 0.6) is 0 Å². The quantitative estimate of drug-likeness (QED) is 0.629. The fourth-order valence-corrected chi connectivity index (χ4v) is 1.29. The summed E-state index contributed by atoms with van der Waals surface area (Å²) in [4.78, 5) is 21.9. The third-order valence-corrected chi connectivity index (χ3v) is 2.10. The Morgan fingerprint density at radius 2 is 2.00 bits per heavy atom. The van der Waals surface area contributed by atoms with Gasteiger partial charge in [0.2, 0.25) is 0 Å². The molecule has 0 aromatic carbocycles. The van der Waals surface area contributed by atoms with Gasteiger partial charge in [-0.2, -0.15) is 0 Å². The molecule has 0 saturated carbocycles. The van der Waals surface area contributed by atoms with Crippen LogP contribution in [0.1, 0.15) is 27.2 Å². The highest BCUT2D eigenvalue weighted by atomic mass is 16.6. The zero-order valence-corrected chi connectivity index (χ0v) is 7.38. The molecule has 0 amide bonds. The third kappa shape index (κ3) is 1.22. The minimum absolute atomic E-state index is 0.0463. The topological polar surface area (TPSA) is 63.6 Å². The van der Waals surface area contributed by atoms with E-state index in [2.05, 4.69) is 0 Å². The fraction of sp³-hybridized carbons (Fsp3) is 0.750. The Bertz CT molecular complexity index is 243. The molecule has 0 aromatic rings. The number of carbonyl (C=O) groups excluding carboxylic acids is 1. The number of aliphatic carboxylic acids is 1. The van der Waals surface area contributed by atoms with Crippen LogP contribution in [0.2, 0.25) is 0 Å². The molecule has 4 heteroatoms. The molecule has 1 aliphatic heterocycles. The molecule has 1 aliphatic rings. The molecule has 1 atom stereocenters. The van der Waals surface area contributed by atoms with Crippen LogP contribution in [0, 0.1) is 0 Å². The SMILES string of the molecule is CC1(C)OC(C)(C(=O)O)CC1=O. The lowest BCUT2D eigenvalue weighted by molar-refractivity contribution is -0.168. The molecule has 12 heavy (non-hydrogen) atoms. The van der Waals surface area contributed by atoms with Crippen LogP contribution in [0.3, 0.4) is 0 Å². The zero-order valence-electron chi connectivity index (χ0n) is 7.38. The van der Waals surface area contributed by atoms with E-state index < -0.39 is 17.2 Å². The Hall–Kier alpha value is -0.900. The van der Waals surface area contributed by atoms with Crippen LogP contribution in [0.15, 0.2) is 0 Å². The first kappa shape index (κ1) is 9.19. The van der Waals surface area contributed by atoms with Crippen molar-refractivity contribution in [2.75, 3.05) is 0 Å². The van der Waals surface area contributed by atoms with Crippen molar-refractivity contribution in [2.24, 2.45) is 0 Å². The van der Waals surface area contributed by atoms with Gasteiger partial charge in [-0.3, -0.25) is 4.79 Å². The molecule has 4 nitrogen and oxygen atoms in total. The number of Topliss-reactive ketones (excluding diaryl/α,β-unsaturated/α-hetero) is 1. The highest BCUT2D eigenvalue weighted by Crippen LogP contribution is 2.34. The van der Waals surface area contributed by atoms with E-state index in [9.17, 15) is 9.59 Å². The van der Waals surface area contributed by atoms with E-state index in [0.717, 1.165) is 0 Å². The van der Waals surface area contributed by atoms with Gasteiger partial charge < -0.3 is 9.84 Å². The van der Waals surface area contributed by atoms with E-state index in [4.69, 9.17) is 9.84 Å². The number of carbonyl (C=O) groups is 2. The van der Waals surface area contributed by atoms with Crippen LogP contribution in [0.4, 0.5) is 0 Å². The van der Waals surface area contributed by atoms with E-state index in [1.54, 1.807) is 13.8 Å². The molecular weight excluding hydrogens is 160 g/mol. The van der Waals surface area contributed by atoms with E-state index in [1.807, 2.05) is 0 Å². The third-order valence-electron chi connectivity index (χ3n) is 2.10. The average Bonchev–Trinajstić information content (AvgIpc) is 2.03. The normalized spacial score (nSPS) is 33.8. The number of hydrogen-bond acceptors (Lipinski definition) is 3. The van der Waals surface area contributed by atoms with Gasteiger partial charge in [0.1, 0.15) is 5.60 Å². The molecule has 0 radical (unpaired) electrons. The standard InChI is InChI=1S/C8H12O4/c1-7(2)5(9)4-8(3,12-7)6(10)11/h4H2,1-3H3,(H,10,11). The summed E-state index contributed by atoms with van der Waals surface area (Å²) in [6.07, 6.45) is -0.0463. The van der Waals surface area contributed by atoms with Crippen molar-refractivity contribution < 1.29 is 19.4 Å². The second-order valence-electron chi connectivity index (χ2n) is 3.75. The van der Waals surface area contributed by atoms with Gasteiger partial charge in [-0.15, -0.1) is 0 Å². The number of hydrogen-bond donors (Lipinski definition) is 1. The van der Waals surface area contributed by atoms with Crippen LogP contribution in [-0.2, 0) is 14.3 Å². The minimum Gasteiger partial charge on any atom is -0.479 e. The van der Waals surface area contributed by atoms with E-state index >= 15 is 0 Å². The number of carboxylic acid groups (broad SMARTS) is 1. The maximum absolute atomic E-state index is 11.2. The van der Waals surface area contributed by atoms with Crippen molar-refractivity contribution >= 4 is 11.8 Å². The second-order valence-corrected chi connectivity index (χ2v) is 3.75. The van der Waals surface area contributed by atoms with E-state index in [1.165, 1.54) is 6.92 Å². The molecule has 0 aromatic heterocycles. The number of ether oxygens (including phenoxy) is 1. The Morgan fingerprint density at radius 3 is 2.17 bits per heavy atom. The lowest BCUT2D eigenvalue weighted by Gasteiger charge is -2.21.